The third kappa shape index (κ3) is 4.71. The van der Waals surface area contributed by atoms with E-state index in [-0.39, 0.29) is 12.1 Å². The van der Waals surface area contributed by atoms with Gasteiger partial charge in [-0.3, -0.25) is 0 Å². The Bertz CT molecular complexity index is 173. The van der Waals surface area contributed by atoms with Gasteiger partial charge in [0, 0.05) is 6.08 Å². The molecule has 0 saturated heterocycles. The second-order valence-corrected chi connectivity index (χ2v) is 3.89. The van der Waals surface area contributed by atoms with Crippen molar-refractivity contribution in [3.8, 4) is 0 Å². The third-order valence-electron chi connectivity index (χ3n) is 1.87. The van der Waals surface area contributed by atoms with Crippen molar-refractivity contribution in [2.24, 2.45) is 11.8 Å². The molecule has 0 heterocycles. The lowest BCUT2D eigenvalue weighted by atomic mass is 9.96. The Kier molecular flexibility index (Phi) is 5.44. The summed E-state index contributed by atoms with van der Waals surface area (Å²) < 4.78 is 5.29. The molecule has 13 heavy (non-hydrogen) atoms. The lowest BCUT2D eigenvalue weighted by Crippen LogP contribution is -2.28. The van der Waals surface area contributed by atoms with Gasteiger partial charge >= 0.3 is 5.97 Å². The molecule has 0 rings (SSSR count). The zero-order chi connectivity index (χ0) is 10.4. The Morgan fingerprint density at radius 2 is 1.62 bits per heavy atom. The second kappa shape index (κ2) is 5.79. The number of esters is 1. The zero-order valence-corrected chi connectivity index (χ0v) is 9.20. The maximum Gasteiger partial charge on any atom is 0.330 e. The summed E-state index contributed by atoms with van der Waals surface area (Å²) in [6, 6.07) is 0. The Balaban J connectivity index is 4.18. The van der Waals surface area contributed by atoms with E-state index in [2.05, 4.69) is 27.7 Å². The predicted molar refractivity (Wildman–Crippen MR) is 54.4 cm³/mol. The van der Waals surface area contributed by atoms with Crippen LogP contribution in [0.15, 0.2) is 12.2 Å². The average molecular weight is 184 g/mol. The van der Waals surface area contributed by atoms with E-state index in [0.717, 1.165) is 0 Å². The minimum Gasteiger partial charge on any atom is -0.459 e. The number of hydrogen-bond donors (Lipinski definition) is 0. The third-order valence-corrected chi connectivity index (χ3v) is 1.87. The largest absolute Gasteiger partial charge is 0.459 e. The van der Waals surface area contributed by atoms with Crippen LogP contribution >= 0.6 is 0 Å². The minimum absolute atomic E-state index is 0.0173. The van der Waals surface area contributed by atoms with Gasteiger partial charge in [-0.05, 0) is 18.8 Å². The lowest BCUT2D eigenvalue weighted by Gasteiger charge is -2.24. The Morgan fingerprint density at radius 1 is 1.15 bits per heavy atom. The van der Waals surface area contributed by atoms with Crippen LogP contribution in [-0.2, 0) is 9.53 Å². The van der Waals surface area contributed by atoms with E-state index in [0.29, 0.717) is 11.8 Å². The van der Waals surface area contributed by atoms with Gasteiger partial charge in [-0.15, -0.1) is 0 Å². The molecule has 0 spiro atoms. The van der Waals surface area contributed by atoms with Crippen molar-refractivity contribution in [1.82, 2.24) is 0 Å². The van der Waals surface area contributed by atoms with Crippen molar-refractivity contribution < 1.29 is 9.53 Å². The van der Waals surface area contributed by atoms with E-state index in [4.69, 9.17) is 4.74 Å². The molecular formula is C11H20O2. The first-order chi connectivity index (χ1) is 5.99. The molecule has 0 radical (unpaired) electrons. The van der Waals surface area contributed by atoms with Crippen LogP contribution < -0.4 is 0 Å². The fourth-order valence-electron chi connectivity index (χ4n) is 1.35. The first kappa shape index (κ1) is 12.2. The Hall–Kier alpha value is -0.790. The minimum atomic E-state index is -0.241. The van der Waals surface area contributed by atoms with Gasteiger partial charge in [0.15, 0.2) is 0 Å². The van der Waals surface area contributed by atoms with Crippen LogP contribution in [0.4, 0.5) is 0 Å². The molecule has 0 aromatic rings. The Morgan fingerprint density at radius 3 is 1.92 bits per heavy atom. The highest BCUT2D eigenvalue weighted by Gasteiger charge is 2.20. The number of hydrogen-bond acceptors (Lipinski definition) is 2. The molecule has 0 aromatic heterocycles. The molecule has 0 aromatic carbocycles. The zero-order valence-electron chi connectivity index (χ0n) is 9.20. The standard InChI is InChI=1S/C11H20O2/c1-6-7-10(12)13-11(8(2)3)9(4)5/h6-9,11H,1-5H3. The van der Waals surface area contributed by atoms with Gasteiger partial charge in [0.25, 0.3) is 0 Å². The number of carbonyl (C=O) groups is 1. The normalized spacial score (nSPS) is 12.0. The number of rotatable bonds is 4. The molecular weight excluding hydrogens is 164 g/mol. The first-order valence-electron chi connectivity index (χ1n) is 4.82. The molecule has 0 bridgehead atoms. The molecule has 0 saturated carbocycles. The lowest BCUT2D eigenvalue weighted by molar-refractivity contribution is -0.147. The monoisotopic (exact) mass is 184 g/mol. The van der Waals surface area contributed by atoms with E-state index < -0.39 is 0 Å². The van der Waals surface area contributed by atoms with Crippen LogP contribution in [0, 0.1) is 11.8 Å². The van der Waals surface area contributed by atoms with Gasteiger partial charge in [0.1, 0.15) is 6.10 Å². The van der Waals surface area contributed by atoms with Crippen LogP contribution in [0.2, 0.25) is 0 Å². The summed E-state index contributed by atoms with van der Waals surface area (Å²) in [6.07, 6.45) is 3.17. The number of carbonyl (C=O) groups excluding carboxylic acids is 1. The summed E-state index contributed by atoms with van der Waals surface area (Å²) in [5, 5.41) is 0. The van der Waals surface area contributed by atoms with Crippen molar-refractivity contribution in [3.63, 3.8) is 0 Å². The molecule has 0 aliphatic heterocycles. The smallest absolute Gasteiger partial charge is 0.330 e. The molecule has 0 aliphatic rings. The van der Waals surface area contributed by atoms with E-state index >= 15 is 0 Å². The van der Waals surface area contributed by atoms with Crippen molar-refractivity contribution in [3.05, 3.63) is 12.2 Å². The molecule has 0 atom stereocenters. The van der Waals surface area contributed by atoms with Gasteiger partial charge in [-0.1, -0.05) is 33.8 Å². The SMILES string of the molecule is CC=CC(=O)OC(C(C)C)C(C)C. The number of allylic oxidation sites excluding steroid dienone is 1. The van der Waals surface area contributed by atoms with Gasteiger partial charge in [0.2, 0.25) is 0 Å². The van der Waals surface area contributed by atoms with Gasteiger partial charge in [0.05, 0.1) is 0 Å². The fraction of sp³-hybridized carbons (Fsp3) is 0.727. The van der Waals surface area contributed by atoms with Crippen LogP contribution in [0.1, 0.15) is 34.6 Å². The Labute approximate surface area is 81.0 Å². The summed E-state index contributed by atoms with van der Waals surface area (Å²) in [5.41, 5.74) is 0. The first-order valence-corrected chi connectivity index (χ1v) is 4.82. The molecule has 76 valence electrons. The van der Waals surface area contributed by atoms with Crippen molar-refractivity contribution >= 4 is 5.97 Å². The van der Waals surface area contributed by atoms with Crippen LogP contribution in [0.3, 0.4) is 0 Å². The highest BCUT2D eigenvalue weighted by molar-refractivity contribution is 5.81. The highest BCUT2D eigenvalue weighted by atomic mass is 16.5. The van der Waals surface area contributed by atoms with Crippen LogP contribution in [0.5, 0.6) is 0 Å². The molecule has 2 heteroatoms. The van der Waals surface area contributed by atoms with Crippen molar-refractivity contribution in [2.75, 3.05) is 0 Å². The van der Waals surface area contributed by atoms with Gasteiger partial charge in [-0.2, -0.15) is 0 Å². The predicted octanol–water partition coefficient (Wildman–Crippen LogP) is 2.79. The van der Waals surface area contributed by atoms with Gasteiger partial charge < -0.3 is 4.74 Å². The number of ether oxygens (including phenoxy) is 1. The summed E-state index contributed by atoms with van der Waals surface area (Å²) in [5.74, 6) is 0.498. The summed E-state index contributed by atoms with van der Waals surface area (Å²) in [6.45, 7) is 10.1. The van der Waals surface area contributed by atoms with E-state index in [1.807, 2.05) is 0 Å². The summed E-state index contributed by atoms with van der Waals surface area (Å²) in [4.78, 5) is 11.2. The maximum atomic E-state index is 11.2. The maximum absolute atomic E-state index is 11.2. The molecule has 0 unspecified atom stereocenters. The van der Waals surface area contributed by atoms with Crippen molar-refractivity contribution in [1.29, 1.82) is 0 Å². The summed E-state index contributed by atoms with van der Waals surface area (Å²) in [7, 11) is 0. The topological polar surface area (TPSA) is 26.3 Å². The van der Waals surface area contributed by atoms with E-state index in [1.165, 1.54) is 6.08 Å². The molecule has 0 aliphatic carbocycles. The van der Waals surface area contributed by atoms with E-state index in [9.17, 15) is 4.79 Å². The highest BCUT2D eigenvalue weighted by Crippen LogP contribution is 2.16. The van der Waals surface area contributed by atoms with Gasteiger partial charge in [-0.25, -0.2) is 4.79 Å². The second-order valence-electron chi connectivity index (χ2n) is 3.89. The van der Waals surface area contributed by atoms with Crippen LogP contribution in [0.25, 0.3) is 0 Å². The van der Waals surface area contributed by atoms with E-state index in [1.54, 1.807) is 13.0 Å². The molecule has 0 fully saturated rings. The molecule has 0 N–H and O–H groups in total. The summed E-state index contributed by atoms with van der Waals surface area (Å²) >= 11 is 0. The van der Waals surface area contributed by atoms with Crippen LogP contribution in [-0.4, -0.2) is 12.1 Å². The fourth-order valence-corrected chi connectivity index (χ4v) is 1.35. The van der Waals surface area contributed by atoms with Crippen molar-refractivity contribution in [2.45, 2.75) is 40.7 Å². The average Bonchev–Trinajstić information content (AvgIpc) is 1.99. The molecule has 0 amide bonds. The molecule has 2 nitrogen and oxygen atoms in total. The quantitative estimate of drug-likeness (QED) is 0.496.